The molecule has 0 spiro atoms. The summed E-state index contributed by atoms with van der Waals surface area (Å²) in [5, 5.41) is 0.0796. The van der Waals surface area contributed by atoms with Gasteiger partial charge in [0.15, 0.2) is 8.32 Å². The van der Waals surface area contributed by atoms with Gasteiger partial charge >= 0.3 is 0 Å². The number of hydrogen-bond donors (Lipinski definition) is 1. The maximum absolute atomic E-state index is 12.9. The largest absolute Gasteiger partial charge is 0.598 e. The smallest absolute Gasteiger partial charge is 0.192 e. The van der Waals surface area contributed by atoms with Crippen LogP contribution in [-0.2, 0) is 26.9 Å². The van der Waals surface area contributed by atoms with Gasteiger partial charge in [-0.15, -0.1) is 4.72 Å². The second-order valence-electron chi connectivity index (χ2n) is 9.71. The fourth-order valence-electron chi connectivity index (χ4n) is 2.33. The van der Waals surface area contributed by atoms with Crippen molar-refractivity contribution in [1.29, 1.82) is 0 Å². The van der Waals surface area contributed by atoms with E-state index in [2.05, 4.69) is 43.6 Å². The van der Waals surface area contributed by atoms with E-state index in [9.17, 15) is 4.55 Å². The Kier molecular flexibility index (Phi) is 9.64. The molecule has 0 fully saturated rings. The third-order valence-electron chi connectivity index (χ3n) is 5.16. The summed E-state index contributed by atoms with van der Waals surface area (Å²) in [6, 6.07) is 5.73. The Labute approximate surface area is 176 Å². The van der Waals surface area contributed by atoms with Gasteiger partial charge in [0.1, 0.15) is 4.75 Å². The van der Waals surface area contributed by atoms with Gasteiger partial charge in [-0.1, -0.05) is 26.8 Å². The molecule has 0 amide bonds. The summed E-state index contributed by atoms with van der Waals surface area (Å²) in [5.41, 5.74) is 0.950. The van der Waals surface area contributed by atoms with Crippen LogP contribution in [0.15, 0.2) is 24.4 Å². The molecule has 1 N–H and O–H groups in total. The van der Waals surface area contributed by atoms with Crippen molar-refractivity contribution >= 4 is 19.7 Å². The van der Waals surface area contributed by atoms with Gasteiger partial charge in [0.05, 0.1) is 18.8 Å². The van der Waals surface area contributed by atoms with Crippen molar-refractivity contribution in [3.05, 3.63) is 30.1 Å². The minimum absolute atomic E-state index is 0.0796. The van der Waals surface area contributed by atoms with E-state index < -0.39 is 19.7 Å². The van der Waals surface area contributed by atoms with E-state index >= 15 is 0 Å². The number of nitrogens with zero attached hydrogens (tertiary/aromatic N) is 1. The molecule has 0 aliphatic carbocycles. The first-order valence-electron chi connectivity index (χ1n) is 10.1. The molecule has 1 heterocycles. The zero-order chi connectivity index (χ0) is 21.6. The van der Waals surface area contributed by atoms with Crippen LogP contribution in [0.1, 0.15) is 54.2 Å². The summed E-state index contributed by atoms with van der Waals surface area (Å²) in [4.78, 5) is 4.47. The predicted octanol–water partition coefficient (Wildman–Crippen LogP) is 4.47. The summed E-state index contributed by atoms with van der Waals surface area (Å²) >= 11 is -1.21. The van der Waals surface area contributed by atoms with Crippen LogP contribution < -0.4 is 4.72 Å². The molecule has 1 rings (SSSR count). The zero-order valence-corrected chi connectivity index (χ0v) is 21.0. The van der Waals surface area contributed by atoms with Crippen molar-refractivity contribution < 1.29 is 13.7 Å². The summed E-state index contributed by atoms with van der Waals surface area (Å²) in [5.74, 6) is 0. The average molecular weight is 429 g/mol. The molecule has 0 aliphatic rings. The van der Waals surface area contributed by atoms with Crippen molar-refractivity contribution in [3.63, 3.8) is 0 Å². The molecule has 0 saturated carbocycles. The van der Waals surface area contributed by atoms with Gasteiger partial charge in [0, 0.05) is 36.3 Å². The monoisotopic (exact) mass is 428 g/mol. The molecule has 1 aromatic heterocycles. The van der Waals surface area contributed by atoms with Crippen molar-refractivity contribution in [2.75, 3.05) is 13.2 Å². The van der Waals surface area contributed by atoms with Crippen molar-refractivity contribution in [1.82, 2.24) is 9.71 Å². The Bertz CT molecular complexity index is 573. The first-order chi connectivity index (χ1) is 12.8. The maximum Gasteiger partial charge on any atom is 0.192 e. The molecule has 0 bridgehead atoms. The van der Waals surface area contributed by atoms with Crippen LogP contribution in [0.4, 0.5) is 0 Å². The minimum Gasteiger partial charge on any atom is -0.598 e. The third-order valence-corrected chi connectivity index (χ3v) is 11.3. The quantitative estimate of drug-likeness (QED) is 0.440. The van der Waals surface area contributed by atoms with Crippen LogP contribution >= 0.6 is 0 Å². The Morgan fingerprint density at radius 3 is 2.29 bits per heavy atom. The van der Waals surface area contributed by atoms with Gasteiger partial charge in [0.2, 0.25) is 0 Å². The molecule has 0 saturated heterocycles. The number of nitrogens with one attached hydrogen (secondary N) is 1. The van der Waals surface area contributed by atoms with E-state index in [1.54, 1.807) is 6.20 Å². The molecule has 1 aromatic rings. The van der Waals surface area contributed by atoms with E-state index in [1.165, 1.54) is 0 Å². The summed E-state index contributed by atoms with van der Waals surface area (Å²) in [6.07, 6.45) is 2.23. The van der Waals surface area contributed by atoms with Crippen LogP contribution in [0.3, 0.4) is 0 Å². The lowest BCUT2D eigenvalue weighted by atomic mass is 10.1. The third kappa shape index (κ3) is 8.12. The summed E-state index contributed by atoms with van der Waals surface area (Å²) in [6.45, 7) is 20.2. The van der Waals surface area contributed by atoms with Crippen LogP contribution in [0.2, 0.25) is 18.1 Å². The number of rotatable bonds is 10. The SMILES string of the molecule is CCOCC(O[Si](C)(C)C(C)(C)C)C(Cc1ccccn1)N[S+]([O-])C(C)(C)C. The van der Waals surface area contributed by atoms with Crippen molar-refractivity contribution in [3.8, 4) is 0 Å². The molecule has 0 aromatic carbocycles. The molecule has 3 atom stereocenters. The highest BCUT2D eigenvalue weighted by Gasteiger charge is 2.42. The number of aromatic nitrogens is 1. The standard InChI is InChI=1S/C21H40N2O3SSi/c1-10-25-16-19(26-28(8,9)21(5,6)7)18(23-27(24)20(2,3)4)15-17-13-11-12-14-22-17/h11-14,18-19,23H,10,15-16H2,1-9H3. The molecule has 0 radical (unpaired) electrons. The second kappa shape index (κ2) is 10.5. The normalized spacial score (nSPS) is 16.6. The van der Waals surface area contributed by atoms with Gasteiger partial charge in [-0.2, -0.15) is 0 Å². The Morgan fingerprint density at radius 1 is 1.18 bits per heavy atom. The van der Waals surface area contributed by atoms with E-state index in [1.807, 2.05) is 45.9 Å². The van der Waals surface area contributed by atoms with E-state index in [0.717, 1.165) is 5.69 Å². The first kappa shape index (κ1) is 25.6. The lowest BCUT2D eigenvalue weighted by Crippen LogP contribution is -2.56. The van der Waals surface area contributed by atoms with E-state index in [0.29, 0.717) is 19.6 Å². The highest BCUT2D eigenvalue weighted by molar-refractivity contribution is 7.90. The lowest BCUT2D eigenvalue weighted by Gasteiger charge is -2.41. The van der Waals surface area contributed by atoms with E-state index in [4.69, 9.17) is 9.16 Å². The maximum atomic E-state index is 12.9. The van der Waals surface area contributed by atoms with Crippen LogP contribution in [-0.4, -0.2) is 48.0 Å². The molecule has 28 heavy (non-hydrogen) atoms. The van der Waals surface area contributed by atoms with Gasteiger partial charge < -0.3 is 13.7 Å². The van der Waals surface area contributed by atoms with Crippen LogP contribution in [0.25, 0.3) is 0 Å². The van der Waals surface area contributed by atoms with Gasteiger partial charge in [-0.25, -0.2) is 0 Å². The molecule has 7 heteroatoms. The topological polar surface area (TPSA) is 66.4 Å². The minimum atomic E-state index is -2.03. The summed E-state index contributed by atoms with van der Waals surface area (Å²) < 4.78 is 28.4. The fourth-order valence-corrected chi connectivity index (χ4v) is 4.54. The lowest BCUT2D eigenvalue weighted by molar-refractivity contribution is 0.0321. The van der Waals surface area contributed by atoms with E-state index in [-0.39, 0.29) is 21.9 Å². The first-order valence-corrected chi connectivity index (χ1v) is 14.2. The molecule has 5 nitrogen and oxygen atoms in total. The second-order valence-corrected chi connectivity index (χ2v) is 16.5. The molecular weight excluding hydrogens is 388 g/mol. The zero-order valence-electron chi connectivity index (χ0n) is 19.2. The molecule has 0 aliphatic heterocycles. The van der Waals surface area contributed by atoms with Crippen molar-refractivity contribution in [2.24, 2.45) is 0 Å². The Hall–Kier alpha value is -0.443. The molecular formula is C21H40N2O3SSi. The van der Waals surface area contributed by atoms with Crippen molar-refractivity contribution in [2.45, 2.75) is 89.9 Å². The Balaban J connectivity index is 3.16. The number of hydrogen-bond acceptors (Lipinski definition) is 5. The van der Waals surface area contributed by atoms with Gasteiger partial charge in [-0.05, 0) is 58.0 Å². The fraction of sp³-hybridized carbons (Fsp3) is 0.762. The highest BCUT2D eigenvalue weighted by atomic mass is 32.2. The van der Waals surface area contributed by atoms with Gasteiger partial charge in [0.25, 0.3) is 0 Å². The molecule has 162 valence electrons. The summed E-state index contributed by atoms with van der Waals surface area (Å²) in [7, 11) is -2.03. The van der Waals surface area contributed by atoms with Crippen LogP contribution in [0.5, 0.6) is 0 Å². The number of ether oxygens (including phenoxy) is 1. The average Bonchev–Trinajstić information content (AvgIpc) is 2.57. The molecule has 3 unspecified atom stereocenters. The number of pyridine rings is 1. The van der Waals surface area contributed by atoms with Crippen LogP contribution in [0, 0.1) is 0 Å². The Morgan fingerprint density at radius 2 is 1.82 bits per heavy atom. The highest BCUT2D eigenvalue weighted by Crippen LogP contribution is 2.38. The predicted molar refractivity (Wildman–Crippen MR) is 121 cm³/mol. The van der Waals surface area contributed by atoms with Gasteiger partial charge in [-0.3, -0.25) is 4.98 Å².